The molecule has 6 heteroatoms. The molecule has 1 unspecified atom stereocenters. The Morgan fingerprint density at radius 3 is 2.79 bits per heavy atom. The maximum atomic E-state index is 13.6. The summed E-state index contributed by atoms with van der Waals surface area (Å²) in [5.41, 5.74) is 1.34. The van der Waals surface area contributed by atoms with E-state index in [9.17, 15) is 14.3 Å². The first-order chi connectivity index (χ1) is 11.6. The molecule has 1 aromatic heterocycles. The second kappa shape index (κ2) is 7.06. The van der Waals surface area contributed by atoms with Crippen molar-refractivity contribution in [2.45, 2.75) is 6.10 Å². The SMILES string of the molecule is O=C(NCC(O)c1ccccc1F)c1cccc(-n2cccn2)c1. The molecular formula is C18H16FN3O2. The Morgan fingerprint density at radius 1 is 1.21 bits per heavy atom. The van der Waals surface area contributed by atoms with E-state index in [1.165, 1.54) is 12.1 Å². The maximum absolute atomic E-state index is 13.6. The predicted octanol–water partition coefficient (Wildman–Crippen LogP) is 2.47. The van der Waals surface area contributed by atoms with Gasteiger partial charge < -0.3 is 10.4 Å². The molecule has 0 saturated heterocycles. The van der Waals surface area contributed by atoms with E-state index in [1.807, 2.05) is 6.07 Å². The lowest BCUT2D eigenvalue weighted by Crippen LogP contribution is -2.28. The quantitative estimate of drug-likeness (QED) is 0.757. The van der Waals surface area contributed by atoms with Crippen molar-refractivity contribution in [3.63, 3.8) is 0 Å². The van der Waals surface area contributed by atoms with Crippen LogP contribution in [-0.4, -0.2) is 27.3 Å². The standard InChI is InChI=1S/C18H16FN3O2/c19-16-8-2-1-7-15(16)17(23)12-20-18(24)13-5-3-6-14(11-13)22-10-4-9-21-22/h1-11,17,23H,12H2,(H,20,24). The molecule has 3 aromatic rings. The van der Waals surface area contributed by atoms with Gasteiger partial charge in [-0.1, -0.05) is 24.3 Å². The van der Waals surface area contributed by atoms with Crippen LogP contribution in [0.4, 0.5) is 4.39 Å². The highest BCUT2D eigenvalue weighted by molar-refractivity contribution is 5.94. The Balaban J connectivity index is 1.67. The minimum Gasteiger partial charge on any atom is -0.386 e. The maximum Gasteiger partial charge on any atom is 0.251 e. The van der Waals surface area contributed by atoms with Gasteiger partial charge in [0.05, 0.1) is 11.8 Å². The van der Waals surface area contributed by atoms with Crippen LogP contribution in [-0.2, 0) is 0 Å². The lowest BCUT2D eigenvalue weighted by molar-refractivity contribution is 0.0914. The Hall–Kier alpha value is -2.99. The summed E-state index contributed by atoms with van der Waals surface area (Å²) in [4.78, 5) is 12.2. The number of nitrogens with zero attached hydrogens (tertiary/aromatic N) is 2. The third kappa shape index (κ3) is 3.49. The molecule has 1 amide bonds. The number of carbonyl (C=O) groups excluding carboxylic acids is 1. The molecule has 122 valence electrons. The normalized spacial score (nSPS) is 11.9. The van der Waals surface area contributed by atoms with Crippen LogP contribution in [0.5, 0.6) is 0 Å². The molecule has 1 atom stereocenters. The number of carbonyl (C=O) groups is 1. The summed E-state index contributed by atoms with van der Waals surface area (Å²) in [7, 11) is 0. The largest absolute Gasteiger partial charge is 0.386 e. The van der Waals surface area contributed by atoms with Gasteiger partial charge >= 0.3 is 0 Å². The summed E-state index contributed by atoms with van der Waals surface area (Å²) in [5.74, 6) is -0.848. The first kappa shape index (κ1) is 15.9. The molecule has 0 aliphatic carbocycles. The first-order valence-corrected chi connectivity index (χ1v) is 7.46. The smallest absolute Gasteiger partial charge is 0.251 e. The average Bonchev–Trinajstić information content (AvgIpc) is 3.14. The Labute approximate surface area is 138 Å². The van der Waals surface area contributed by atoms with Gasteiger partial charge in [-0.2, -0.15) is 5.10 Å². The van der Waals surface area contributed by atoms with Crippen LogP contribution >= 0.6 is 0 Å². The lowest BCUT2D eigenvalue weighted by Gasteiger charge is -2.13. The Morgan fingerprint density at radius 2 is 2.04 bits per heavy atom. The van der Waals surface area contributed by atoms with E-state index in [2.05, 4.69) is 10.4 Å². The minimum absolute atomic E-state index is 0.0776. The van der Waals surface area contributed by atoms with Gasteiger partial charge in [-0.3, -0.25) is 4.79 Å². The fourth-order valence-corrected chi connectivity index (χ4v) is 2.36. The van der Waals surface area contributed by atoms with E-state index >= 15 is 0 Å². The number of hydrogen-bond acceptors (Lipinski definition) is 3. The second-order valence-electron chi connectivity index (χ2n) is 5.25. The van der Waals surface area contributed by atoms with Crippen molar-refractivity contribution >= 4 is 5.91 Å². The fraction of sp³-hybridized carbons (Fsp3) is 0.111. The molecule has 0 spiro atoms. The third-order valence-corrected chi connectivity index (χ3v) is 3.60. The number of aliphatic hydroxyl groups excluding tert-OH is 1. The number of hydrogen-bond donors (Lipinski definition) is 2. The van der Waals surface area contributed by atoms with Crippen LogP contribution in [0.1, 0.15) is 22.0 Å². The van der Waals surface area contributed by atoms with Crippen LogP contribution in [0, 0.1) is 5.82 Å². The van der Waals surface area contributed by atoms with Gasteiger partial charge in [0.15, 0.2) is 0 Å². The van der Waals surface area contributed by atoms with Crippen molar-refractivity contribution in [1.82, 2.24) is 15.1 Å². The minimum atomic E-state index is -1.11. The van der Waals surface area contributed by atoms with Gasteiger partial charge in [0.25, 0.3) is 5.91 Å². The number of nitrogens with one attached hydrogen (secondary N) is 1. The monoisotopic (exact) mass is 325 g/mol. The van der Waals surface area contributed by atoms with Gasteiger partial charge in [-0.25, -0.2) is 9.07 Å². The van der Waals surface area contributed by atoms with Crippen molar-refractivity contribution < 1.29 is 14.3 Å². The van der Waals surface area contributed by atoms with Gasteiger partial charge in [-0.05, 0) is 30.3 Å². The molecule has 24 heavy (non-hydrogen) atoms. The van der Waals surface area contributed by atoms with E-state index in [4.69, 9.17) is 0 Å². The molecule has 0 aliphatic rings. The molecule has 0 saturated carbocycles. The van der Waals surface area contributed by atoms with Crippen LogP contribution < -0.4 is 5.32 Å². The zero-order chi connectivity index (χ0) is 16.9. The zero-order valence-corrected chi connectivity index (χ0v) is 12.8. The van der Waals surface area contributed by atoms with Gasteiger partial charge in [0.1, 0.15) is 5.82 Å². The average molecular weight is 325 g/mol. The molecule has 0 aliphatic heterocycles. The highest BCUT2D eigenvalue weighted by Crippen LogP contribution is 2.16. The number of rotatable bonds is 5. The van der Waals surface area contributed by atoms with Crippen molar-refractivity contribution in [3.05, 3.63) is 83.9 Å². The second-order valence-corrected chi connectivity index (χ2v) is 5.25. The molecule has 2 aromatic carbocycles. The summed E-state index contributed by atoms with van der Waals surface area (Å²) in [6.07, 6.45) is 2.32. The van der Waals surface area contributed by atoms with Crippen LogP contribution in [0.25, 0.3) is 5.69 Å². The lowest BCUT2D eigenvalue weighted by atomic mass is 10.1. The van der Waals surface area contributed by atoms with Crippen LogP contribution in [0.2, 0.25) is 0 Å². The van der Waals surface area contributed by atoms with Gasteiger partial charge in [0, 0.05) is 30.1 Å². The van der Waals surface area contributed by atoms with E-state index in [0.717, 1.165) is 5.69 Å². The number of aliphatic hydroxyl groups is 1. The fourth-order valence-electron chi connectivity index (χ4n) is 2.36. The van der Waals surface area contributed by atoms with Crippen molar-refractivity contribution in [2.75, 3.05) is 6.54 Å². The number of aromatic nitrogens is 2. The first-order valence-electron chi connectivity index (χ1n) is 7.46. The van der Waals surface area contributed by atoms with E-state index < -0.39 is 11.9 Å². The highest BCUT2D eigenvalue weighted by atomic mass is 19.1. The van der Waals surface area contributed by atoms with E-state index in [1.54, 1.807) is 53.5 Å². The molecule has 1 heterocycles. The highest BCUT2D eigenvalue weighted by Gasteiger charge is 2.14. The van der Waals surface area contributed by atoms with Crippen molar-refractivity contribution in [1.29, 1.82) is 0 Å². The number of benzene rings is 2. The molecule has 2 N–H and O–H groups in total. The predicted molar refractivity (Wildman–Crippen MR) is 87.3 cm³/mol. The Bertz CT molecular complexity index is 834. The summed E-state index contributed by atoms with van der Waals surface area (Å²) in [6, 6.07) is 14.7. The van der Waals surface area contributed by atoms with Gasteiger partial charge in [-0.15, -0.1) is 0 Å². The summed E-state index contributed by atoms with van der Waals surface area (Å²) in [5, 5.41) is 16.8. The van der Waals surface area contributed by atoms with E-state index in [-0.39, 0.29) is 18.0 Å². The zero-order valence-electron chi connectivity index (χ0n) is 12.8. The van der Waals surface area contributed by atoms with Crippen LogP contribution in [0.3, 0.4) is 0 Å². The topological polar surface area (TPSA) is 67.2 Å². The molecule has 0 bridgehead atoms. The van der Waals surface area contributed by atoms with Crippen molar-refractivity contribution in [2.24, 2.45) is 0 Å². The summed E-state index contributed by atoms with van der Waals surface area (Å²) < 4.78 is 15.3. The van der Waals surface area contributed by atoms with E-state index in [0.29, 0.717) is 5.56 Å². The molecular weight excluding hydrogens is 309 g/mol. The molecule has 3 rings (SSSR count). The van der Waals surface area contributed by atoms with Gasteiger partial charge in [0.2, 0.25) is 0 Å². The van der Waals surface area contributed by atoms with Crippen LogP contribution in [0.15, 0.2) is 67.0 Å². The van der Waals surface area contributed by atoms with Crippen molar-refractivity contribution in [3.8, 4) is 5.69 Å². The molecule has 0 fully saturated rings. The molecule has 5 nitrogen and oxygen atoms in total. The third-order valence-electron chi connectivity index (χ3n) is 3.60. The number of halogens is 1. The molecule has 0 radical (unpaired) electrons. The summed E-state index contributed by atoms with van der Waals surface area (Å²) in [6.45, 7) is -0.0776. The number of amides is 1. The summed E-state index contributed by atoms with van der Waals surface area (Å²) >= 11 is 0. The Kier molecular flexibility index (Phi) is 4.67.